The highest BCUT2D eigenvalue weighted by Gasteiger charge is 2.18. The van der Waals surface area contributed by atoms with E-state index in [0.717, 1.165) is 11.3 Å². The molecule has 2 heterocycles. The van der Waals surface area contributed by atoms with Gasteiger partial charge in [-0.25, -0.2) is 4.98 Å². The molecule has 1 saturated heterocycles. The summed E-state index contributed by atoms with van der Waals surface area (Å²) >= 11 is 0. The van der Waals surface area contributed by atoms with Gasteiger partial charge in [0.2, 0.25) is 5.91 Å². The Morgan fingerprint density at radius 2 is 2.20 bits per heavy atom. The molecule has 106 valence electrons. The lowest BCUT2D eigenvalue weighted by atomic mass is 10.2. The molecule has 1 aromatic rings. The molecule has 0 aromatic carbocycles. The minimum atomic E-state index is -1.37. The molecular formula is C15H20N2O2Si. The first kappa shape index (κ1) is 14.8. The van der Waals surface area contributed by atoms with E-state index >= 15 is 0 Å². The van der Waals surface area contributed by atoms with E-state index in [0.29, 0.717) is 19.7 Å². The van der Waals surface area contributed by atoms with Gasteiger partial charge in [-0.15, -0.1) is 5.54 Å². The lowest BCUT2D eigenvalue weighted by Crippen LogP contribution is -2.40. The molecule has 1 aliphatic rings. The zero-order valence-electron chi connectivity index (χ0n) is 12.3. The van der Waals surface area contributed by atoms with E-state index in [1.54, 1.807) is 11.1 Å². The van der Waals surface area contributed by atoms with Gasteiger partial charge in [0, 0.05) is 19.3 Å². The number of hydrogen-bond donors (Lipinski definition) is 0. The van der Waals surface area contributed by atoms with Crippen molar-refractivity contribution in [2.75, 3.05) is 19.8 Å². The number of carbonyl (C=O) groups is 1. The standard InChI is InChI=1S/C15H20N2O2Si/c1-20(2,3)9-6-14-5-4-13(10-16-14)11-17-7-8-19-12-15(17)18/h4-5,10H,7-8,11-12H2,1-3H3. The molecule has 5 heteroatoms. The summed E-state index contributed by atoms with van der Waals surface area (Å²) in [4.78, 5) is 17.8. The molecule has 0 saturated carbocycles. The summed E-state index contributed by atoms with van der Waals surface area (Å²) in [5.41, 5.74) is 5.11. The number of rotatable bonds is 2. The largest absolute Gasteiger partial charge is 0.370 e. The molecule has 0 spiro atoms. The highest BCUT2D eigenvalue weighted by molar-refractivity contribution is 6.83. The maximum atomic E-state index is 11.6. The molecule has 0 bridgehead atoms. The summed E-state index contributed by atoms with van der Waals surface area (Å²) in [7, 11) is -1.37. The minimum absolute atomic E-state index is 0.0406. The number of amides is 1. The summed E-state index contributed by atoms with van der Waals surface area (Å²) in [6.45, 7) is 8.66. The lowest BCUT2D eigenvalue weighted by molar-refractivity contribution is -0.143. The molecule has 4 nitrogen and oxygen atoms in total. The number of nitrogens with zero attached hydrogens (tertiary/aromatic N) is 2. The molecule has 0 unspecified atom stereocenters. The molecular weight excluding hydrogens is 268 g/mol. The SMILES string of the molecule is C[Si](C)(C)C#Cc1ccc(CN2CCOCC2=O)cn1. The Balaban J connectivity index is 2.01. The Hall–Kier alpha value is -1.64. The first-order valence-corrected chi connectivity index (χ1v) is 10.3. The number of carbonyl (C=O) groups excluding carboxylic acids is 1. The van der Waals surface area contributed by atoms with Crippen molar-refractivity contribution in [1.82, 2.24) is 9.88 Å². The van der Waals surface area contributed by atoms with Crippen LogP contribution in [0.25, 0.3) is 0 Å². The van der Waals surface area contributed by atoms with Crippen molar-refractivity contribution in [2.45, 2.75) is 26.2 Å². The van der Waals surface area contributed by atoms with Crippen molar-refractivity contribution < 1.29 is 9.53 Å². The van der Waals surface area contributed by atoms with Gasteiger partial charge in [0.25, 0.3) is 0 Å². The quantitative estimate of drug-likeness (QED) is 0.614. The van der Waals surface area contributed by atoms with Gasteiger partial charge in [0.05, 0.1) is 6.61 Å². The van der Waals surface area contributed by atoms with E-state index in [9.17, 15) is 4.79 Å². The fourth-order valence-electron chi connectivity index (χ4n) is 1.78. The van der Waals surface area contributed by atoms with Crippen LogP contribution in [0.5, 0.6) is 0 Å². The van der Waals surface area contributed by atoms with Crippen LogP contribution in [0.4, 0.5) is 0 Å². The predicted molar refractivity (Wildman–Crippen MR) is 80.7 cm³/mol. The van der Waals surface area contributed by atoms with Crippen molar-refractivity contribution in [3.05, 3.63) is 29.6 Å². The summed E-state index contributed by atoms with van der Waals surface area (Å²) in [6.07, 6.45) is 1.80. The van der Waals surface area contributed by atoms with Gasteiger partial charge in [-0.1, -0.05) is 31.6 Å². The van der Waals surface area contributed by atoms with Crippen LogP contribution in [0.1, 0.15) is 11.3 Å². The molecule has 2 rings (SSSR count). The van der Waals surface area contributed by atoms with Crippen LogP contribution in [0.3, 0.4) is 0 Å². The Labute approximate surface area is 121 Å². The molecule has 1 fully saturated rings. The molecule has 1 amide bonds. The predicted octanol–water partition coefficient (Wildman–Crippen LogP) is 1.67. The van der Waals surface area contributed by atoms with Crippen LogP contribution in [0.2, 0.25) is 19.6 Å². The average molecular weight is 288 g/mol. The van der Waals surface area contributed by atoms with Crippen LogP contribution in [0, 0.1) is 11.5 Å². The normalized spacial score (nSPS) is 15.8. The van der Waals surface area contributed by atoms with Crippen molar-refractivity contribution in [3.63, 3.8) is 0 Å². The third-order valence-electron chi connectivity index (χ3n) is 2.85. The van der Waals surface area contributed by atoms with Gasteiger partial charge < -0.3 is 9.64 Å². The smallest absolute Gasteiger partial charge is 0.248 e. The summed E-state index contributed by atoms with van der Waals surface area (Å²) in [5.74, 6) is 3.16. The van der Waals surface area contributed by atoms with Gasteiger partial charge >= 0.3 is 0 Å². The van der Waals surface area contributed by atoms with Crippen molar-refractivity contribution in [2.24, 2.45) is 0 Å². The first-order chi connectivity index (χ1) is 9.44. The van der Waals surface area contributed by atoms with E-state index in [2.05, 4.69) is 36.1 Å². The van der Waals surface area contributed by atoms with Crippen LogP contribution in [-0.2, 0) is 16.1 Å². The number of aromatic nitrogens is 1. The van der Waals surface area contributed by atoms with Gasteiger partial charge in [-0.3, -0.25) is 4.79 Å². The summed E-state index contributed by atoms with van der Waals surface area (Å²) in [5, 5.41) is 0. The second-order valence-corrected chi connectivity index (χ2v) is 10.7. The van der Waals surface area contributed by atoms with E-state index in [4.69, 9.17) is 4.74 Å². The number of morpholine rings is 1. The Kier molecular flexibility index (Phi) is 4.58. The zero-order chi connectivity index (χ0) is 14.6. The fraction of sp³-hybridized carbons (Fsp3) is 0.467. The molecule has 1 aliphatic heterocycles. The van der Waals surface area contributed by atoms with Gasteiger partial charge in [-0.05, 0) is 11.6 Å². The van der Waals surface area contributed by atoms with Gasteiger partial charge in [0.1, 0.15) is 20.4 Å². The number of hydrogen-bond acceptors (Lipinski definition) is 3. The van der Waals surface area contributed by atoms with Crippen LogP contribution in [0.15, 0.2) is 18.3 Å². The maximum absolute atomic E-state index is 11.6. The molecule has 0 radical (unpaired) electrons. The highest BCUT2D eigenvalue weighted by atomic mass is 28.3. The fourth-order valence-corrected chi connectivity index (χ4v) is 2.28. The number of pyridine rings is 1. The van der Waals surface area contributed by atoms with Crippen LogP contribution in [-0.4, -0.2) is 43.6 Å². The van der Waals surface area contributed by atoms with Crippen molar-refractivity contribution in [3.8, 4) is 11.5 Å². The lowest BCUT2D eigenvalue weighted by Gasteiger charge is -2.26. The second kappa shape index (κ2) is 6.20. The van der Waals surface area contributed by atoms with E-state index in [1.165, 1.54) is 0 Å². The molecule has 0 atom stereocenters. The van der Waals surface area contributed by atoms with Gasteiger partial charge in [-0.2, -0.15) is 0 Å². The Bertz CT molecular complexity index is 538. The number of ether oxygens (including phenoxy) is 1. The van der Waals surface area contributed by atoms with E-state index in [-0.39, 0.29) is 12.5 Å². The highest BCUT2D eigenvalue weighted by Crippen LogP contribution is 2.08. The minimum Gasteiger partial charge on any atom is -0.370 e. The zero-order valence-corrected chi connectivity index (χ0v) is 13.3. The van der Waals surface area contributed by atoms with E-state index < -0.39 is 8.07 Å². The molecule has 0 N–H and O–H groups in total. The Morgan fingerprint density at radius 3 is 2.80 bits per heavy atom. The molecule has 0 aliphatic carbocycles. The Morgan fingerprint density at radius 1 is 1.40 bits per heavy atom. The topological polar surface area (TPSA) is 42.4 Å². The first-order valence-electron chi connectivity index (χ1n) is 6.78. The van der Waals surface area contributed by atoms with E-state index in [1.807, 2.05) is 12.1 Å². The second-order valence-electron chi connectivity index (χ2n) is 5.92. The monoisotopic (exact) mass is 288 g/mol. The molecule has 1 aromatic heterocycles. The van der Waals surface area contributed by atoms with Crippen molar-refractivity contribution in [1.29, 1.82) is 0 Å². The van der Waals surface area contributed by atoms with Crippen LogP contribution >= 0.6 is 0 Å². The summed E-state index contributed by atoms with van der Waals surface area (Å²) < 4.78 is 5.11. The third-order valence-corrected chi connectivity index (χ3v) is 3.72. The van der Waals surface area contributed by atoms with Crippen LogP contribution < -0.4 is 0 Å². The summed E-state index contributed by atoms with van der Waals surface area (Å²) in [6, 6.07) is 3.91. The average Bonchev–Trinajstić information content (AvgIpc) is 2.40. The molecule has 20 heavy (non-hydrogen) atoms. The maximum Gasteiger partial charge on any atom is 0.248 e. The van der Waals surface area contributed by atoms with Gasteiger partial charge in [0.15, 0.2) is 0 Å². The third kappa shape index (κ3) is 4.48. The van der Waals surface area contributed by atoms with Crippen molar-refractivity contribution >= 4 is 14.0 Å².